The van der Waals surface area contributed by atoms with Gasteiger partial charge in [-0.05, 0) is 19.3 Å². The van der Waals surface area contributed by atoms with E-state index in [4.69, 9.17) is 14.2 Å². The summed E-state index contributed by atoms with van der Waals surface area (Å²) in [5.41, 5.74) is 0. The Morgan fingerprint density at radius 3 is 2.26 bits per heavy atom. The number of benzene rings is 1. The van der Waals surface area contributed by atoms with Gasteiger partial charge in [-0.1, -0.05) is 0 Å². The zero-order valence-corrected chi connectivity index (χ0v) is 16.3. The van der Waals surface area contributed by atoms with Gasteiger partial charge in [-0.2, -0.15) is 0 Å². The normalized spacial score (nSPS) is 13.8. The molecule has 23 heavy (non-hydrogen) atoms. The molecule has 1 aromatic rings. The van der Waals surface area contributed by atoms with Gasteiger partial charge in [0.1, 0.15) is 17.2 Å². The topological polar surface area (TPSA) is 64.1 Å². The predicted octanol–water partition coefficient (Wildman–Crippen LogP) is 2.42. The molecule has 1 fully saturated rings. The van der Waals surface area contributed by atoms with Crippen LogP contribution in [0.3, 0.4) is 0 Å². The van der Waals surface area contributed by atoms with Crippen LogP contribution in [0.2, 0.25) is 0 Å². The monoisotopic (exact) mass is 435 g/mol. The quantitative estimate of drug-likeness (QED) is 0.284. The zero-order valence-electron chi connectivity index (χ0n) is 13.9. The van der Waals surface area contributed by atoms with Crippen LogP contribution in [-0.2, 0) is 0 Å². The van der Waals surface area contributed by atoms with Crippen LogP contribution in [0, 0.1) is 0 Å². The second-order valence-electron chi connectivity index (χ2n) is 5.17. The van der Waals surface area contributed by atoms with Crippen LogP contribution in [0.5, 0.6) is 17.2 Å². The molecule has 0 spiro atoms. The van der Waals surface area contributed by atoms with Gasteiger partial charge in [0.25, 0.3) is 0 Å². The van der Waals surface area contributed by atoms with Gasteiger partial charge < -0.3 is 24.8 Å². The summed E-state index contributed by atoms with van der Waals surface area (Å²) in [5, 5.41) is 6.63. The Morgan fingerprint density at radius 1 is 1.13 bits per heavy atom. The number of ether oxygens (including phenoxy) is 3. The lowest BCUT2D eigenvalue weighted by atomic mass is 10.3. The van der Waals surface area contributed by atoms with Crippen molar-refractivity contribution in [1.82, 2.24) is 10.6 Å². The first-order valence-electron chi connectivity index (χ1n) is 7.58. The van der Waals surface area contributed by atoms with Gasteiger partial charge >= 0.3 is 0 Å². The van der Waals surface area contributed by atoms with Crippen LogP contribution in [-0.4, -0.2) is 46.4 Å². The van der Waals surface area contributed by atoms with E-state index in [9.17, 15) is 0 Å². The van der Waals surface area contributed by atoms with Crippen molar-refractivity contribution in [3.8, 4) is 17.2 Å². The first-order chi connectivity index (χ1) is 10.7. The third kappa shape index (κ3) is 7.15. The number of hydrogen-bond donors (Lipinski definition) is 2. The molecule has 2 rings (SSSR count). The van der Waals surface area contributed by atoms with Crippen LogP contribution < -0.4 is 24.8 Å². The molecule has 0 radical (unpaired) electrons. The first-order valence-corrected chi connectivity index (χ1v) is 7.58. The van der Waals surface area contributed by atoms with Gasteiger partial charge in [0.05, 0.1) is 20.8 Å². The molecule has 0 aliphatic heterocycles. The lowest BCUT2D eigenvalue weighted by Gasteiger charge is -2.12. The van der Waals surface area contributed by atoms with Crippen molar-refractivity contribution in [2.45, 2.75) is 25.3 Å². The number of guanidine groups is 1. The molecule has 0 bridgehead atoms. The van der Waals surface area contributed by atoms with Gasteiger partial charge in [0.2, 0.25) is 0 Å². The Labute approximate surface area is 155 Å². The summed E-state index contributed by atoms with van der Waals surface area (Å²) in [4.78, 5) is 4.19. The van der Waals surface area contributed by atoms with Crippen molar-refractivity contribution in [3.63, 3.8) is 0 Å². The summed E-state index contributed by atoms with van der Waals surface area (Å²) in [6.45, 7) is 1.43. The Bertz CT molecular complexity index is 485. The van der Waals surface area contributed by atoms with Crippen LogP contribution in [0.25, 0.3) is 0 Å². The SMILES string of the molecule is CN=C(NCCCOc1cc(OC)cc(OC)c1)NC1CC1.I. The van der Waals surface area contributed by atoms with E-state index in [0.29, 0.717) is 12.6 Å². The molecule has 0 heterocycles. The highest BCUT2D eigenvalue weighted by molar-refractivity contribution is 14.0. The molecule has 0 saturated heterocycles. The van der Waals surface area contributed by atoms with Crippen molar-refractivity contribution in [3.05, 3.63) is 18.2 Å². The van der Waals surface area contributed by atoms with E-state index in [1.165, 1.54) is 12.8 Å². The summed E-state index contributed by atoms with van der Waals surface area (Å²) < 4.78 is 16.2. The van der Waals surface area contributed by atoms with Crippen molar-refractivity contribution >= 4 is 29.9 Å². The summed E-state index contributed by atoms with van der Waals surface area (Å²) in [6.07, 6.45) is 3.36. The van der Waals surface area contributed by atoms with Gasteiger partial charge in [0, 0.05) is 37.8 Å². The van der Waals surface area contributed by atoms with Crippen LogP contribution in [0.1, 0.15) is 19.3 Å². The number of aliphatic imine (C=N–C) groups is 1. The molecular weight excluding hydrogens is 409 g/mol. The van der Waals surface area contributed by atoms with E-state index in [2.05, 4.69) is 15.6 Å². The number of rotatable bonds is 8. The average molecular weight is 435 g/mol. The maximum Gasteiger partial charge on any atom is 0.191 e. The molecular formula is C16H26IN3O3. The number of methoxy groups -OCH3 is 2. The van der Waals surface area contributed by atoms with Crippen LogP contribution >= 0.6 is 24.0 Å². The van der Waals surface area contributed by atoms with Gasteiger partial charge in [-0.3, -0.25) is 4.99 Å². The van der Waals surface area contributed by atoms with E-state index in [-0.39, 0.29) is 24.0 Å². The van der Waals surface area contributed by atoms with Crippen molar-refractivity contribution in [2.24, 2.45) is 4.99 Å². The molecule has 7 heteroatoms. The number of nitrogens with one attached hydrogen (secondary N) is 2. The Kier molecular flexibility index (Phi) is 8.90. The Morgan fingerprint density at radius 2 is 1.74 bits per heavy atom. The Balaban J connectivity index is 0.00000264. The number of nitrogens with zero attached hydrogens (tertiary/aromatic N) is 1. The number of hydrogen-bond acceptors (Lipinski definition) is 4. The molecule has 6 nitrogen and oxygen atoms in total. The van der Waals surface area contributed by atoms with E-state index in [1.54, 1.807) is 21.3 Å². The van der Waals surface area contributed by atoms with E-state index < -0.39 is 0 Å². The highest BCUT2D eigenvalue weighted by Crippen LogP contribution is 2.27. The third-order valence-electron chi connectivity index (χ3n) is 3.35. The minimum absolute atomic E-state index is 0. The maximum atomic E-state index is 5.74. The largest absolute Gasteiger partial charge is 0.496 e. The summed E-state index contributed by atoms with van der Waals surface area (Å²) in [5.74, 6) is 3.06. The molecule has 1 aliphatic rings. The molecule has 1 saturated carbocycles. The summed E-state index contributed by atoms with van der Waals surface area (Å²) >= 11 is 0. The van der Waals surface area contributed by atoms with Crippen LogP contribution in [0.15, 0.2) is 23.2 Å². The lowest BCUT2D eigenvalue weighted by molar-refractivity contribution is 0.305. The predicted molar refractivity (Wildman–Crippen MR) is 103 cm³/mol. The molecule has 0 aromatic heterocycles. The molecule has 1 aliphatic carbocycles. The fourth-order valence-corrected chi connectivity index (χ4v) is 1.95. The van der Waals surface area contributed by atoms with Crippen molar-refractivity contribution in [2.75, 3.05) is 34.4 Å². The van der Waals surface area contributed by atoms with Crippen molar-refractivity contribution in [1.29, 1.82) is 0 Å². The van der Waals surface area contributed by atoms with E-state index >= 15 is 0 Å². The minimum Gasteiger partial charge on any atom is -0.496 e. The summed E-state index contributed by atoms with van der Waals surface area (Å²) in [6, 6.07) is 6.13. The molecule has 0 amide bonds. The zero-order chi connectivity index (χ0) is 15.8. The van der Waals surface area contributed by atoms with Crippen molar-refractivity contribution < 1.29 is 14.2 Å². The Hall–Kier alpha value is -1.38. The van der Waals surface area contributed by atoms with Crippen LogP contribution in [0.4, 0.5) is 0 Å². The molecule has 130 valence electrons. The van der Waals surface area contributed by atoms with E-state index in [0.717, 1.165) is 36.2 Å². The smallest absolute Gasteiger partial charge is 0.191 e. The molecule has 2 N–H and O–H groups in total. The highest BCUT2D eigenvalue weighted by atomic mass is 127. The summed E-state index contributed by atoms with van der Waals surface area (Å²) in [7, 11) is 5.04. The molecule has 0 unspecified atom stereocenters. The first kappa shape index (κ1) is 19.7. The standard InChI is InChI=1S/C16H25N3O3.HI/c1-17-16(19-12-5-6-12)18-7-4-8-22-15-10-13(20-2)9-14(11-15)21-3;/h9-12H,4-8H2,1-3H3,(H2,17,18,19);1H. The highest BCUT2D eigenvalue weighted by Gasteiger charge is 2.21. The second kappa shape index (κ2) is 10.4. The fourth-order valence-electron chi connectivity index (χ4n) is 1.95. The third-order valence-corrected chi connectivity index (χ3v) is 3.35. The van der Waals surface area contributed by atoms with Gasteiger partial charge in [0.15, 0.2) is 5.96 Å². The molecule has 1 aromatic carbocycles. The lowest BCUT2D eigenvalue weighted by Crippen LogP contribution is -2.39. The second-order valence-corrected chi connectivity index (χ2v) is 5.17. The average Bonchev–Trinajstić information content (AvgIpc) is 3.37. The van der Waals surface area contributed by atoms with Gasteiger partial charge in [-0.15, -0.1) is 24.0 Å². The van der Waals surface area contributed by atoms with E-state index in [1.807, 2.05) is 18.2 Å². The molecule has 0 atom stereocenters. The number of halogens is 1. The minimum atomic E-state index is 0. The maximum absolute atomic E-state index is 5.74. The van der Waals surface area contributed by atoms with Gasteiger partial charge in [-0.25, -0.2) is 0 Å². The fraction of sp³-hybridized carbons (Fsp3) is 0.562.